The monoisotopic (exact) mass is 304 g/mol. The van der Waals surface area contributed by atoms with Gasteiger partial charge < -0.3 is 10.6 Å². The molecule has 0 saturated heterocycles. The summed E-state index contributed by atoms with van der Waals surface area (Å²) in [6, 6.07) is 8.08. The SMILES string of the molecule is CSC1(CNC(=O)C2Cc3ccccc3N2)CCCCC1. The maximum Gasteiger partial charge on any atom is 0.242 e. The van der Waals surface area contributed by atoms with Gasteiger partial charge in [0.1, 0.15) is 6.04 Å². The Hall–Kier alpha value is -1.16. The van der Waals surface area contributed by atoms with Gasteiger partial charge in [-0.25, -0.2) is 0 Å². The van der Waals surface area contributed by atoms with E-state index in [-0.39, 0.29) is 16.7 Å². The number of benzene rings is 1. The van der Waals surface area contributed by atoms with E-state index in [9.17, 15) is 4.79 Å². The van der Waals surface area contributed by atoms with E-state index in [1.807, 2.05) is 30.0 Å². The zero-order chi connectivity index (χ0) is 14.7. The lowest BCUT2D eigenvalue weighted by molar-refractivity contribution is -0.121. The van der Waals surface area contributed by atoms with Gasteiger partial charge in [0, 0.05) is 23.4 Å². The molecule has 1 aromatic carbocycles. The fourth-order valence-electron chi connectivity index (χ4n) is 3.48. The van der Waals surface area contributed by atoms with E-state index in [4.69, 9.17) is 0 Å². The Labute approximate surface area is 131 Å². The second-order valence-corrected chi connectivity index (χ2v) is 7.50. The number of nitrogens with one attached hydrogen (secondary N) is 2. The zero-order valence-electron chi connectivity index (χ0n) is 12.7. The average molecular weight is 304 g/mol. The third kappa shape index (κ3) is 3.20. The Kier molecular flexibility index (Phi) is 4.43. The van der Waals surface area contributed by atoms with Crippen molar-refractivity contribution >= 4 is 23.4 Å². The van der Waals surface area contributed by atoms with Crippen LogP contribution in [0.4, 0.5) is 5.69 Å². The summed E-state index contributed by atoms with van der Waals surface area (Å²) < 4.78 is 0.263. The number of amides is 1. The topological polar surface area (TPSA) is 41.1 Å². The van der Waals surface area contributed by atoms with E-state index < -0.39 is 0 Å². The molecule has 1 heterocycles. The molecule has 0 bridgehead atoms. The van der Waals surface area contributed by atoms with E-state index in [0.717, 1.165) is 18.7 Å². The molecule has 1 aliphatic heterocycles. The van der Waals surface area contributed by atoms with Crippen molar-refractivity contribution in [3.8, 4) is 0 Å². The Bertz CT molecular complexity index is 486. The number of para-hydroxylation sites is 1. The molecule has 4 heteroatoms. The average Bonchev–Trinajstić information content (AvgIpc) is 2.97. The number of thioether (sulfide) groups is 1. The Morgan fingerprint density at radius 2 is 2.10 bits per heavy atom. The first kappa shape index (κ1) is 14.8. The second kappa shape index (κ2) is 6.30. The highest BCUT2D eigenvalue weighted by molar-refractivity contribution is 8.00. The molecule has 1 aromatic rings. The van der Waals surface area contributed by atoms with Gasteiger partial charge in [-0.15, -0.1) is 0 Å². The Morgan fingerprint density at radius 3 is 2.81 bits per heavy atom. The van der Waals surface area contributed by atoms with Crippen LogP contribution in [0.1, 0.15) is 37.7 Å². The summed E-state index contributed by atoms with van der Waals surface area (Å²) in [5.74, 6) is 0.144. The summed E-state index contributed by atoms with van der Waals surface area (Å²) in [5.41, 5.74) is 2.35. The highest BCUT2D eigenvalue weighted by atomic mass is 32.2. The molecule has 3 nitrogen and oxygen atoms in total. The fraction of sp³-hybridized carbons (Fsp3) is 0.588. The minimum absolute atomic E-state index is 0.107. The van der Waals surface area contributed by atoms with Gasteiger partial charge >= 0.3 is 0 Å². The van der Waals surface area contributed by atoms with E-state index >= 15 is 0 Å². The minimum atomic E-state index is -0.107. The summed E-state index contributed by atoms with van der Waals surface area (Å²) >= 11 is 1.93. The molecule has 0 aromatic heterocycles. The first-order chi connectivity index (χ1) is 10.2. The second-order valence-electron chi connectivity index (χ2n) is 6.22. The van der Waals surface area contributed by atoms with Crippen LogP contribution in [0.15, 0.2) is 24.3 Å². The van der Waals surface area contributed by atoms with E-state index in [1.165, 1.54) is 37.7 Å². The summed E-state index contributed by atoms with van der Waals surface area (Å²) in [7, 11) is 0. The molecular formula is C17H24N2OS. The molecule has 114 valence electrons. The summed E-state index contributed by atoms with van der Waals surface area (Å²) in [5, 5.41) is 6.53. The normalized spacial score (nSPS) is 23.2. The maximum absolute atomic E-state index is 12.4. The lowest BCUT2D eigenvalue weighted by atomic mass is 9.88. The predicted octanol–water partition coefficient (Wildman–Crippen LogP) is 3.21. The van der Waals surface area contributed by atoms with Crippen molar-refractivity contribution < 1.29 is 4.79 Å². The smallest absolute Gasteiger partial charge is 0.242 e. The highest BCUT2D eigenvalue weighted by Gasteiger charge is 2.33. The lowest BCUT2D eigenvalue weighted by Gasteiger charge is -2.36. The molecule has 1 saturated carbocycles. The summed E-state index contributed by atoms with van der Waals surface area (Å²) in [4.78, 5) is 12.4. The number of carbonyl (C=O) groups is 1. The number of anilines is 1. The molecule has 1 aliphatic carbocycles. The maximum atomic E-state index is 12.4. The first-order valence-corrected chi connectivity index (χ1v) is 9.12. The summed E-state index contributed by atoms with van der Waals surface area (Å²) in [6.07, 6.45) is 9.37. The third-order valence-electron chi connectivity index (χ3n) is 4.87. The van der Waals surface area contributed by atoms with Crippen molar-refractivity contribution in [2.24, 2.45) is 0 Å². The predicted molar refractivity (Wildman–Crippen MR) is 89.9 cm³/mol. The Balaban J connectivity index is 1.55. The minimum Gasteiger partial charge on any atom is -0.373 e. The van der Waals surface area contributed by atoms with Crippen molar-refractivity contribution in [2.45, 2.75) is 49.3 Å². The third-order valence-corrected chi connectivity index (χ3v) is 6.29. The van der Waals surface area contributed by atoms with E-state index in [1.54, 1.807) is 0 Å². The van der Waals surface area contributed by atoms with Crippen LogP contribution in [-0.4, -0.2) is 29.5 Å². The van der Waals surface area contributed by atoms with Crippen LogP contribution in [0.3, 0.4) is 0 Å². The largest absolute Gasteiger partial charge is 0.373 e. The molecule has 0 radical (unpaired) electrons. The van der Waals surface area contributed by atoms with Crippen LogP contribution in [0.25, 0.3) is 0 Å². The number of hydrogen-bond acceptors (Lipinski definition) is 3. The number of fused-ring (bicyclic) bond motifs is 1. The number of hydrogen-bond donors (Lipinski definition) is 2. The van der Waals surface area contributed by atoms with Gasteiger partial charge in [-0.3, -0.25) is 4.79 Å². The van der Waals surface area contributed by atoms with Crippen molar-refractivity contribution in [1.82, 2.24) is 5.32 Å². The van der Waals surface area contributed by atoms with Crippen molar-refractivity contribution in [3.63, 3.8) is 0 Å². The molecule has 2 N–H and O–H groups in total. The van der Waals surface area contributed by atoms with Crippen molar-refractivity contribution in [3.05, 3.63) is 29.8 Å². The van der Waals surface area contributed by atoms with Crippen LogP contribution in [0.2, 0.25) is 0 Å². The van der Waals surface area contributed by atoms with Gasteiger partial charge in [0.15, 0.2) is 0 Å². The van der Waals surface area contributed by atoms with Crippen molar-refractivity contribution in [1.29, 1.82) is 0 Å². The van der Waals surface area contributed by atoms with Crippen LogP contribution in [0, 0.1) is 0 Å². The van der Waals surface area contributed by atoms with Crippen LogP contribution in [0.5, 0.6) is 0 Å². The molecule has 1 atom stereocenters. The fourth-order valence-corrected chi connectivity index (χ4v) is 4.39. The van der Waals surface area contributed by atoms with Gasteiger partial charge in [0.2, 0.25) is 5.91 Å². The van der Waals surface area contributed by atoms with Gasteiger partial charge in [-0.05, 0) is 30.7 Å². The van der Waals surface area contributed by atoms with Crippen LogP contribution >= 0.6 is 11.8 Å². The van der Waals surface area contributed by atoms with Crippen molar-refractivity contribution in [2.75, 3.05) is 18.1 Å². The van der Waals surface area contributed by atoms with E-state index in [2.05, 4.69) is 23.0 Å². The van der Waals surface area contributed by atoms with Gasteiger partial charge in [-0.2, -0.15) is 11.8 Å². The van der Waals surface area contributed by atoms with Gasteiger partial charge in [-0.1, -0.05) is 37.5 Å². The van der Waals surface area contributed by atoms with E-state index in [0.29, 0.717) is 0 Å². The molecular weight excluding hydrogens is 280 g/mol. The van der Waals surface area contributed by atoms with Gasteiger partial charge in [0.05, 0.1) is 0 Å². The first-order valence-electron chi connectivity index (χ1n) is 7.90. The number of rotatable bonds is 4. The highest BCUT2D eigenvalue weighted by Crippen LogP contribution is 2.38. The quantitative estimate of drug-likeness (QED) is 0.897. The molecule has 3 rings (SSSR count). The standard InChI is InChI=1S/C17H24N2OS/c1-21-17(9-5-2-6-10-17)12-18-16(20)15-11-13-7-3-4-8-14(13)19-15/h3-4,7-8,15,19H,2,5-6,9-12H2,1H3,(H,18,20). The molecule has 1 amide bonds. The molecule has 1 fully saturated rings. The number of carbonyl (C=O) groups excluding carboxylic acids is 1. The van der Waals surface area contributed by atoms with Crippen LogP contribution < -0.4 is 10.6 Å². The Morgan fingerprint density at radius 1 is 1.33 bits per heavy atom. The molecule has 21 heavy (non-hydrogen) atoms. The lowest BCUT2D eigenvalue weighted by Crippen LogP contribution is -2.46. The molecule has 0 spiro atoms. The summed E-state index contributed by atoms with van der Waals surface area (Å²) in [6.45, 7) is 0.807. The molecule has 2 aliphatic rings. The van der Waals surface area contributed by atoms with Gasteiger partial charge in [0.25, 0.3) is 0 Å². The van der Waals surface area contributed by atoms with Crippen LogP contribution in [-0.2, 0) is 11.2 Å². The zero-order valence-corrected chi connectivity index (χ0v) is 13.5. The molecule has 1 unspecified atom stereocenters.